The number of carbonyl (C=O) groups excluding carboxylic acids is 1. The van der Waals surface area contributed by atoms with E-state index in [0.717, 1.165) is 13.0 Å². The van der Waals surface area contributed by atoms with Crippen LogP contribution in [0.15, 0.2) is 12.1 Å². The third-order valence-electron chi connectivity index (χ3n) is 3.80. The van der Waals surface area contributed by atoms with E-state index < -0.39 is 5.60 Å². The second-order valence-electron chi connectivity index (χ2n) is 6.75. The van der Waals surface area contributed by atoms with Crippen molar-refractivity contribution >= 4 is 6.09 Å². The van der Waals surface area contributed by atoms with E-state index in [4.69, 9.17) is 4.74 Å². The SMILES string of the molecule is Cc1cc(C)c2c(c1)[C@H](C)N(C(=O)OC(C)(C)C)CC2. The van der Waals surface area contributed by atoms with Crippen LogP contribution in [0.2, 0.25) is 0 Å². The first-order valence-electron chi connectivity index (χ1n) is 7.28. The highest BCUT2D eigenvalue weighted by atomic mass is 16.6. The molecule has 20 heavy (non-hydrogen) atoms. The fraction of sp³-hybridized carbons (Fsp3) is 0.588. The highest BCUT2D eigenvalue weighted by Gasteiger charge is 2.31. The maximum absolute atomic E-state index is 12.3. The topological polar surface area (TPSA) is 29.5 Å². The van der Waals surface area contributed by atoms with Gasteiger partial charge in [-0.25, -0.2) is 4.79 Å². The van der Waals surface area contributed by atoms with Crippen LogP contribution in [0.25, 0.3) is 0 Å². The molecule has 1 aromatic rings. The lowest BCUT2D eigenvalue weighted by molar-refractivity contribution is 0.0159. The van der Waals surface area contributed by atoms with Crippen molar-refractivity contribution in [3.05, 3.63) is 34.4 Å². The smallest absolute Gasteiger partial charge is 0.410 e. The number of carbonyl (C=O) groups is 1. The number of fused-ring (bicyclic) bond motifs is 1. The Morgan fingerprint density at radius 1 is 1.30 bits per heavy atom. The molecule has 0 fully saturated rings. The maximum atomic E-state index is 12.3. The van der Waals surface area contributed by atoms with Crippen LogP contribution < -0.4 is 0 Å². The Bertz CT molecular complexity index is 529. The molecular formula is C17H25NO2. The van der Waals surface area contributed by atoms with Crippen molar-refractivity contribution in [1.29, 1.82) is 0 Å². The number of rotatable bonds is 0. The third kappa shape index (κ3) is 2.97. The van der Waals surface area contributed by atoms with E-state index in [2.05, 4.69) is 32.9 Å². The average Bonchev–Trinajstić information content (AvgIpc) is 2.28. The van der Waals surface area contributed by atoms with Crippen molar-refractivity contribution in [1.82, 2.24) is 4.90 Å². The van der Waals surface area contributed by atoms with Crippen molar-refractivity contribution < 1.29 is 9.53 Å². The van der Waals surface area contributed by atoms with Crippen molar-refractivity contribution in [2.45, 2.75) is 59.6 Å². The fourth-order valence-corrected chi connectivity index (χ4v) is 2.91. The molecule has 0 N–H and O–H groups in total. The van der Waals surface area contributed by atoms with Crippen LogP contribution in [-0.2, 0) is 11.2 Å². The second-order valence-corrected chi connectivity index (χ2v) is 6.75. The summed E-state index contributed by atoms with van der Waals surface area (Å²) in [6, 6.07) is 4.49. The predicted octanol–water partition coefficient (Wildman–Crippen LogP) is 4.16. The molecule has 3 nitrogen and oxygen atoms in total. The van der Waals surface area contributed by atoms with Crippen LogP contribution in [0.1, 0.15) is 56.0 Å². The van der Waals surface area contributed by atoms with Crippen molar-refractivity contribution in [3.63, 3.8) is 0 Å². The molecule has 1 aliphatic heterocycles. The van der Waals surface area contributed by atoms with Gasteiger partial charge in [-0.3, -0.25) is 0 Å². The summed E-state index contributed by atoms with van der Waals surface area (Å²) in [6.07, 6.45) is 0.695. The van der Waals surface area contributed by atoms with Gasteiger partial charge >= 0.3 is 6.09 Å². The van der Waals surface area contributed by atoms with Crippen LogP contribution in [0.5, 0.6) is 0 Å². The first-order valence-corrected chi connectivity index (χ1v) is 7.28. The first-order chi connectivity index (χ1) is 9.19. The third-order valence-corrected chi connectivity index (χ3v) is 3.80. The molecule has 0 aliphatic carbocycles. The molecule has 110 valence electrons. The average molecular weight is 275 g/mol. The maximum Gasteiger partial charge on any atom is 0.410 e. The molecule has 2 rings (SSSR count). The second kappa shape index (κ2) is 5.12. The first kappa shape index (κ1) is 14.9. The summed E-state index contributed by atoms with van der Waals surface area (Å²) < 4.78 is 5.51. The molecule has 0 bridgehead atoms. The lowest BCUT2D eigenvalue weighted by Gasteiger charge is -2.37. The van der Waals surface area contributed by atoms with Crippen molar-refractivity contribution in [2.24, 2.45) is 0 Å². The van der Waals surface area contributed by atoms with Gasteiger partial charge < -0.3 is 9.64 Å². The summed E-state index contributed by atoms with van der Waals surface area (Å²) in [5, 5.41) is 0. The van der Waals surface area contributed by atoms with E-state index in [-0.39, 0.29) is 12.1 Å². The van der Waals surface area contributed by atoms with Gasteiger partial charge in [0.15, 0.2) is 0 Å². The summed E-state index contributed by atoms with van der Waals surface area (Å²) in [6.45, 7) is 12.8. The number of ether oxygens (including phenoxy) is 1. The normalized spacial score (nSPS) is 18.7. The number of hydrogen-bond donors (Lipinski definition) is 0. The zero-order valence-electron chi connectivity index (χ0n) is 13.4. The summed E-state index contributed by atoms with van der Waals surface area (Å²) in [5.41, 5.74) is 4.79. The molecule has 1 amide bonds. The molecular weight excluding hydrogens is 250 g/mol. The van der Waals surface area contributed by atoms with Gasteiger partial charge in [-0.15, -0.1) is 0 Å². The Balaban J connectivity index is 2.28. The molecule has 3 heteroatoms. The van der Waals surface area contributed by atoms with Gasteiger partial charge in [0.1, 0.15) is 5.60 Å². The summed E-state index contributed by atoms with van der Waals surface area (Å²) in [4.78, 5) is 14.1. The minimum Gasteiger partial charge on any atom is -0.444 e. The summed E-state index contributed by atoms with van der Waals surface area (Å²) in [5.74, 6) is 0. The van der Waals surface area contributed by atoms with E-state index in [9.17, 15) is 4.79 Å². The number of hydrogen-bond acceptors (Lipinski definition) is 2. The predicted molar refractivity (Wildman–Crippen MR) is 81.0 cm³/mol. The van der Waals surface area contributed by atoms with Crippen molar-refractivity contribution in [2.75, 3.05) is 6.54 Å². The minimum atomic E-state index is -0.445. The Morgan fingerprint density at radius 3 is 2.55 bits per heavy atom. The molecule has 0 radical (unpaired) electrons. The van der Waals surface area contributed by atoms with E-state index in [1.54, 1.807) is 0 Å². The van der Waals surface area contributed by atoms with Gasteiger partial charge in [0.25, 0.3) is 0 Å². The molecule has 1 heterocycles. The number of aryl methyl sites for hydroxylation is 2. The van der Waals surface area contributed by atoms with Crippen LogP contribution in [-0.4, -0.2) is 23.1 Å². The molecule has 1 aromatic carbocycles. The Kier molecular flexibility index (Phi) is 3.81. The van der Waals surface area contributed by atoms with Gasteiger partial charge in [0, 0.05) is 6.54 Å². The van der Waals surface area contributed by atoms with E-state index in [1.807, 2.05) is 25.7 Å². The molecule has 0 saturated carbocycles. The minimum absolute atomic E-state index is 0.0761. The van der Waals surface area contributed by atoms with E-state index in [1.165, 1.54) is 22.3 Å². The monoisotopic (exact) mass is 275 g/mol. The van der Waals surface area contributed by atoms with Gasteiger partial charge in [-0.2, -0.15) is 0 Å². The largest absolute Gasteiger partial charge is 0.444 e. The molecule has 1 atom stereocenters. The Labute approximate surface area is 121 Å². The van der Waals surface area contributed by atoms with Gasteiger partial charge in [0.05, 0.1) is 6.04 Å². The standard InChI is InChI=1S/C17H25NO2/c1-11-9-12(2)14-7-8-18(13(3)15(14)10-11)16(19)20-17(4,5)6/h9-10,13H,7-8H2,1-6H3/t13-/m0/s1. The lowest BCUT2D eigenvalue weighted by Crippen LogP contribution is -2.42. The van der Waals surface area contributed by atoms with Gasteiger partial charge in [-0.1, -0.05) is 17.7 Å². The number of benzene rings is 1. The fourth-order valence-electron chi connectivity index (χ4n) is 2.91. The van der Waals surface area contributed by atoms with Crippen LogP contribution >= 0.6 is 0 Å². The summed E-state index contributed by atoms with van der Waals surface area (Å²) >= 11 is 0. The van der Waals surface area contributed by atoms with Crippen LogP contribution in [0.3, 0.4) is 0 Å². The molecule has 0 spiro atoms. The summed E-state index contributed by atoms with van der Waals surface area (Å²) in [7, 11) is 0. The van der Waals surface area contributed by atoms with Gasteiger partial charge in [-0.05, 0) is 64.7 Å². The lowest BCUT2D eigenvalue weighted by atomic mass is 9.89. The highest BCUT2D eigenvalue weighted by molar-refractivity contribution is 5.69. The molecule has 1 aliphatic rings. The van der Waals surface area contributed by atoms with Gasteiger partial charge in [0.2, 0.25) is 0 Å². The molecule has 0 unspecified atom stereocenters. The quantitative estimate of drug-likeness (QED) is 0.711. The zero-order chi connectivity index (χ0) is 15.1. The zero-order valence-corrected chi connectivity index (χ0v) is 13.4. The van der Waals surface area contributed by atoms with E-state index >= 15 is 0 Å². The molecule has 0 aromatic heterocycles. The Morgan fingerprint density at radius 2 is 1.95 bits per heavy atom. The van der Waals surface area contributed by atoms with E-state index in [0.29, 0.717) is 0 Å². The molecule has 0 saturated heterocycles. The van der Waals surface area contributed by atoms with Crippen LogP contribution in [0, 0.1) is 13.8 Å². The number of amides is 1. The Hall–Kier alpha value is -1.51. The van der Waals surface area contributed by atoms with Crippen LogP contribution in [0.4, 0.5) is 4.79 Å². The highest BCUT2D eigenvalue weighted by Crippen LogP contribution is 2.33. The number of nitrogens with zero attached hydrogens (tertiary/aromatic N) is 1. The van der Waals surface area contributed by atoms with Crippen molar-refractivity contribution in [3.8, 4) is 0 Å².